The third-order valence-electron chi connectivity index (χ3n) is 2.81. The second-order valence-corrected chi connectivity index (χ2v) is 5.28. The average molecular weight is 293 g/mol. The van der Waals surface area contributed by atoms with E-state index in [1.54, 1.807) is 0 Å². The van der Waals surface area contributed by atoms with Gasteiger partial charge in [-0.25, -0.2) is 0 Å². The van der Waals surface area contributed by atoms with E-state index in [-0.39, 0.29) is 0 Å². The molecular weight excluding hydrogens is 272 g/mol. The van der Waals surface area contributed by atoms with E-state index < -0.39 is 0 Å². The molecule has 1 rings (SSSR count). The van der Waals surface area contributed by atoms with Crippen LogP contribution in [0.15, 0.2) is 22.7 Å². The molecule has 0 saturated heterocycles. The van der Waals surface area contributed by atoms with Crippen LogP contribution in [0.5, 0.6) is 0 Å². The molecule has 0 radical (unpaired) electrons. The summed E-state index contributed by atoms with van der Waals surface area (Å²) in [6.07, 6.45) is 7.60. The predicted molar refractivity (Wildman–Crippen MR) is 79.1 cm³/mol. The zero-order chi connectivity index (χ0) is 12.5. The van der Waals surface area contributed by atoms with Crippen molar-refractivity contribution in [1.29, 1.82) is 0 Å². The van der Waals surface area contributed by atoms with E-state index in [0.717, 1.165) is 16.5 Å². The maximum atomic E-state index is 3.53. The normalized spacial score (nSPS) is 9.82. The van der Waals surface area contributed by atoms with Crippen molar-refractivity contribution in [3.05, 3.63) is 33.8 Å². The van der Waals surface area contributed by atoms with E-state index in [9.17, 15) is 0 Å². The quantitative estimate of drug-likeness (QED) is 0.499. The van der Waals surface area contributed by atoms with Gasteiger partial charge < -0.3 is 0 Å². The Balaban J connectivity index is 2.31. The molecule has 0 amide bonds. The molecule has 1 heteroatoms. The van der Waals surface area contributed by atoms with Crippen LogP contribution >= 0.6 is 15.9 Å². The Morgan fingerprint density at radius 3 is 2.59 bits per heavy atom. The van der Waals surface area contributed by atoms with Crippen molar-refractivity contribution in [2.75, 3.05) is 0 Å². The summed E-state index contributed by atoms with van der Waals surface area (Å²) in [5.74, 6) is 6.48. The monoisotopic (exact) mass is 292 g/mol. The van der Waals surface area contributed by atoms with Crippen molar-refractivity contribution in [2.24, 2.45) is 0 Å². The van der Waals surface area contributed by atoms with Gasteiger partial charge >= 0.3 is 0 Å². The minimum absolute atomic E-state index is 1.02. The third-order valence-corrected chi connectivity index (χ3v) is 3.66. The predicted octanol–water partition coefficient (Wildman–Crippen LogP) is 5.47. The van der Waals surface area contributed by atoms with Crippen LogP contribution in [-0.4, -0.2) is 0 Å². The van der Waals surface area contributed by atoms with Crippen molar-refractivity contribution < 1.29 is 0 Å². The topological polar surface area (TPSA) is 0 Å². The molecule has 0 atom stereocenters. The highest BCUT2D eigenvalue weighted by Gasteiger charge is 1.94. The van der Waals surface area contributed by atoms with E-state index in [0.29, 0.717) is 0 Å². The summed E-state index contributed by atoms with van der Waals surface area (Å²) in [5, 5.41) is 0. The number of halogens is 1. The summed E-state index contributed by atoms with van der Waals surface area (Å²) in [6, 6.07) is 6.29. The molecule has 1 aromatic rings. The van der Waals surface area contributed by atoms with Gasteiger partial charge in [-0.15, -0.1) is 0 Å². The summed E-state index contributed by atoms with van der Waals surface area (Å²) in [5.41, 5.74) is 2.37. The molecule has 0 heterocycles. The highest BCUT2D eigenvalue weighted by atomic mass is 79.9. The second-order valence-electron chi connectivity index (χ2n) is 4.43. The SMILES string of the molecule is CCCCCCCC#Cc1ccc(C)c(Br)c1. The maximum Gasteiger partial charge on any atom is 0.0256 e. The van der Waals surface area contributed by atoms with Gasteiger partial charge in [0.15, 0.2) is 0 Å². The molecule has 0 saturated carbocycles. The fraction of sp³-hybridized carbons (Fsp3) is 0.500. The highest BCUT2D eigenvalue weighted by Crippen LogP contribution is 2.16. The lowest BCUT2D eigenvalue weighted by molar-refractivity contribution is 0.641. The first-order valence-electron chi connectivity index (χ1n) is 6.49. The van der Waals surface area contributed by atoms with Crippen LogP contribution < -0.4 is 0 Å². The van der Waals surface area contributed by atoms with Crippen molar-refractivity contribution in [1.82, 2.24) is 0 Å². The van der Waals surface area contributed by atoms with Gasteiger partial charge in [-0.1, -0.05) is 66.4 Å². The molecule has 92 valence electrons. The number of hydrogen-bond acceptors (Lipinski definition) is 0. The zero-order valence-electron chi connectivity index (χ0n) is 10.9. The van der Waals surface area contributed by atoms with Gasteiger partial charge in [-0.05, 0) is 31.0 Å². The molecule has 0 spiro atoms. The van der Waals surface area contributed by atoms with Crippen molar-refractivity contribution in [3.63, 3.8) is 0 Å². The molecule has 0 unspecified atom stereocenters. The molecule has 0 nitrogen and oxygen atoms in total. The van der Waals surface area contributed by atoms with Gasteiger partial charge in [0.2, 0.25) is 0 Å². The fourth-order valence-corrected chi connectivity index (χ4v) is 2.03. The van der Waals surface area contributed by atoms with Crippen molar-refractivity contribution in [2.45, 2.75) is 52.4 Å². The summed E-state index contributed by atoms with van der Waals surface area (Å²) in [7, 11) is 0. The van der Waals surface area contributed by atoms with Gasteiger partial charge in [0.05, 0.1) is 0 Å². The number of unbranched alkanes of at least 4 members (excludes halogenated alkanes) is 5. The van der Waals surface area contributed by atoms with Crippen LogP contribution in [-0.2, 0) is 0 Å². The largest absolute Gasteiger partial charge is 0.0979 e. The Bertz CT molecular complexity index is 396. The molecule has 17 heavy (non-hydrogen) atoms. The van der Waals surface area contributed by atoms with E-state index in [1.807, 2.05) is 0 Å². The third kappa shape index (κ3) is 5.94. The lowest BCUT2D eigenvalue weighted by Gasteiger charge is -1.97. The smallest absolute Gasteiger partial charge is 0.0256 e. The first-order valence-corrected chi connectivity index (χ1v) is 7.28. The summed E-state index contributed by atoms with van der Waals surface area (Å²) in [4.78, 5) is 0. The summed E-state index contributed by atoms with van der Waals surface area (Å²) < 4.78 is 1.15. The average Bonchev–Trinajstić information content (AvgIpc) is 2.32. The van der Waals surface area contributed by atoms with Crippen molar-refractivity contribution in [3.8, 4) is 11.8 Å². The Labute approximate surface area is 114 Å². The standard InChI is InChI=1S/C16H21Br/c1-3-4-5-6-7-8-9-10-15-12-11-14(2)16(17)13-15/h11-13H,3-8H2,1-2H3. The maximum absolute atomic E-state index is 3.53. The first-order chi connectivity index (χ1) is 8.24. The Kier molecular flexibility index (Phi) is 7.05. The van der Waals surface area contributed by atoms with E-state index in [1.165, 1.54) is 37.7 Å². The lowest BCUT2D eigenvalue weighted by Crippen LogP contribution is -1.79. The van der Waals surface area contributed by atoms with E-state index in [2.05, 4.69) is 59.8 Å². The Morgan fingerprint density at radius 1 is 1.12 bits per heavy atom. The van der Waals surface area contributed by atoms with Gasteiger partial charge in [0, 0.05) is 16.5 Å². The van der Waals surface area contributed by atoms with Crippen LogP contribution in [0.3, 0.4) is 0 Å². The Hall–Kier alpha value is -0.740. The molecule has 0 aliphatic rings. The van der Waals surface area contributed by atoms with E-state index in [4.69, 9.17) is 0 Å². The van der Waals surface area contributed by atoms with Gasteiger partial charge in [-0.2, -0.15) is 0 Å². The van der Waals surface area contributed by atoms with Crippen LogP contribution in [0.1, 0.15) is 56.6 Å². The zero-order valence-corrected chi connectivity index (χ0v) is 12.4. The number of hydrogen-bond donors (Lipinski definition) is 0. The lowest BCUT2D eigenvalue weighted by atomic mass is 10.1. The number of rotatable bonds is 5. The van der Waals surface area contributed by atoms with Crippen LogP contribution in [0.25, 0.3) is 0 Å². The van der Waals surface area contributed by atoms with Gasteiger partial charge in [0.25, 0.3) is 0 Å². The molecule has 0 bridgehead atoms. The van der Waals surface area contributed by atoms with Crippen LogP contribution in [0, 0.1) is 18.8 Å². The second kappa shape index (κ2) is 8.37. The number of aryl methyl sites for hydroxylation is 1. The molecule has 0 aromatic heterocycles. The molecule has 0 aliphatic heterocycles. The van der Waals surface area contributed by atoms with Crippen LogP contribution in [0.4, 0.5) is 0 Å². The molecular formula is C16H21Br. The molecule has 0 aliphatic carbocycles. The molecule has 0 fully saturated rings. The number of benzene rings is 1. The van der Waals surface area contributed by atoms with Gasteiger partial charge in [-0.3, -0.25) is 0 Å². The summed E-state index contributed by atoms with van der Waals surface area (Å²) in [6.45, 7) is 4.34. The Morgan fingerprint density at radius 2 is 1.88 bits per heavy atom. The highest BCUT2D eigenvalue weighted by molar-refractivity contribution is 9.10. The minimum atomic E-state index is 1.02. The van der Waals surface area contributed by atoms with Gasteiger partial charge in [0.1, 0.15) is 0 Å². The fourth-order valence-electron chi connectivity index (χ4n) is 1.65. The van der Waals surface area contributed by atoms with E-state index >= 15 is 0 Å². The minimum Gasteiger partial charge on any atom is -0.0979 e. The van der Waals surface area contributed by atoms with Crippen molar-refractivity contribution >= 4 is 15.9 Å². The molecule has 1 aromatic carbocycles. The molecule has 0 N–H and O–H groups in total. The van der Waals surface area contributed by atoms with Crippen LogP contribution in [0.2, 0.25) is 0 Å². The first kappa shape index (κ1) is 14.3. The summed E-state index contributed by atoms with van der Waals surface area (Å²) >= 11 is 3.53.